The molecule has 16 heavy (non-hydrogen) atoms. The highest BCUT2D eigenvalue weighted by Gasteiger charge is 2.07. The van der Waals surface area contributed by atoms with Crippen LogP contribution >= 0.6 is 11.6 Å². The molecule has 0 bridgehead atoms. The molecule has 0 amide bonds. The lowest BCUT2D eigenvalue weighted by Gasteiger charge is -2.06. The van der Waals surface area contributed by atoms with Crippen molar-refractivity contribution in [1.82, 2.24) is 0 Å². The largest absolute Gasteiger partial charge is 0.301 e. The number of hydrogen-bond acceptors (Lipinski definition) is 1. The van der Waals surface area contributed by atoms with Crippen molar-refractivity contribution in [2.24, 2.45) is 0 Å². The smallest absolute Gasteiger partial charge is 0.151 e. The molecule has 1 unspecified atom stereocenters. The van der Waals surface area contributed by atoms with E-state index in [-0.39, 0.29) is 0 Å². The Labute approximate surface area is 102 Å². The summed E-state index contributed by atoms with van der Waals surface area (Å²) in [6, 6.07) is 16.5. The van der Waals surface area contributed by atoms with Crippen molar-refractivity contribution in [2.45, 2.75) is 4.90 Å². The molecule has 2 aromatic rings. The van der Waals surface area contributed by atoms with Crippen molar-refractivity contribution in [3.05, 3.63) is 59.6 Å². The van der Waals surface area contributed by atoms with Crippen molar-refractivity contribution in [1.29, 1.82) is 0 Å². The molecule has 2 rings (SSSR count). The summed E-state index contributed by atoms with van der Waals surface area (Å²) in [5, 5.41) is 0.504. The second-order valence-electron chi connectivity index (χ2n) is 3.17. The highest BCUT2D eigenvalue weighted by atomic mass is 35.5. The maximum atomic E-state index is 12.0. The molecule has 0 aliphatic heterocycles. The first-order chi connectivity index (χ1) is 7.77. The first-order valence-corrected chi connectivity index (χ1v) is 6.28. The molecular weight excluding hydrogens is 242 g/mol. The van der Waals surface area contributed by atoms with Crippen LogP contribution in [0, 0.1) is 0 Å². The number of rotatable bonds is 3. The van der Waals surface area contributed by atoms with Gasteiger partial charge in [0.05, 0.1) is 9.92 Å². The van der Waals surface area contributed by atoms with Crippen LogP contribution in [-0.4, -0.2) is 4.21 Å². The molecule has 4 heteroatoms. The molecule has 2 aromatic carbocycles. The molecule has 0 saturated carbocycles. The van der Waals surface area contributed by atoms with E-state index >= 15 is 0 Å². The SMILES string of the molecule is O=S(Nc1ccccc1)c1ccccc1Cl. The number of anilines is 1. The number of para-hydroxylation sites is 1. The van der Waals surface area contributed by atoms with Gasteiger partial charge in [-0.2, -0.15) is 0 Å². The number of halogens is 1. The minimum Gasteiger partial charge on any atom is -0.301 e. The molecule has 0 radical (unpaired) electrons. The van der Waals surface area contributed by atoms with Crippen LogP contribution in [-0.2, 0) is 11.0 Å². The third kappa shape index (κ3) is 2.62. The van der Waals surface area contributed by atoms with Crippen LogP contribution < -0.4 is 4.72 Å². The van der Waals surface area contributed by atoms with Crippen LogP contribution in [0.4, 0.5) is 5.69 Å². The summed E-state index contributed by atoms with van der Waals surface area (Å²) in [6.07, 6.45) is 0. The number of hydrogen-bond donors (Lipinski definition) is 1. The van der Waals surface area contributed by atoms with E-state index in [4.69, 9.17) is 11.6 Å². The molecule has 1 N–H and O–H groups in total. The van der Waals surface area contributed by atoms with Gasteiger partial charge in [-0.25, -0.2) is 4.21 Å². The summed E-state index contributed by atoms with van der Waals surface area (Å²) < 4.78 is 14.8. The maximum absolute atomic E-state index is 12.0. The molecular formula is C12H10ClNOS. The molecule has 0 heterocycles. The molecule has 1 atom stereocenters. The van der Waals surface area contributed by atoms with Crippen LogP contribution in [0.5, 0.6) is 0 Å². The molecule has 0 fully saturated rings. The Morgan fingerprint density at radius 1 is 0.938 bits per heavy atom. The zero-order valence-corrected chi connectivity index (χ0v) is 9.96. The van der Waals surface area contributed by atoms with Gasteiger partial charge in [-0.15, -0.1) is 0 Å². The van der Waals surface area contributed by atoms with Crippen LogP contribution in [0.15, 0.2) is 59.5 Å². The van der Waals surface area contributed by atoms with E-state index < -0.39 is 11.0 Å². The Kier molecular flexibility index (Phi) is 3.59. The summed E-state index contributed by atoms with van der Waals surface area (Å²) in [6.45, 7) is 0. The lowest BCUT2D eigenvalue weighted by atomic mass is 10.3. The van der Waals surface area contributed by atoms with Crippen molar-refractivity contribution in [3.63, 3.8) is 0 Å². The Balaban J connectivity index is 2.19. The van der Waals surface area contributed by atoms with Gasteiger partial charge in [0.15, 0.2) is 11.0 Å². The zero-order chi connectivity index (χ0) is 11.4. The third-order valence-corrected chi connectivity index (χ3v) is 3.64. The summed E-state index contributed by atoms with van der Waals surface area (Å²) in [5.74, 6) is 0. The molecule has 0 aliphatic carbocycles. The standard InChI is InChI=1S/C12H10ClNOS/c13-11-8-4-5-9-12(11)16(15)14-10-6-2-1-3-7-10/h1-9,14H. The van der Waals surface area contributed by atoms with Crippen molar-refractivity contribution < 1.29 is 4.21 Å². The van der Waals surface area contributed by atoms with E-state index in [1.807, 2.05) is 42.5 Å². The highest BCUT2D eigenvalue weighted by Crippen LogP contribution is 2.20. The molecule has 0 aromatic heterocycles. The Bertz CT molecular complexity index is 501. The van der Waals surface area contributed by atoms with Gasteiger partial charge in [-0.05, 0) is 24.3 Å². The van der Waals surface area contributed by atoms with E-state index in [9.17, 15) is 4.21 Å². The average molecular weight is 252 g/mol. The zero-order valence-electron chi connectivity index (χ0n) is 8.39. The van der Waals surface area contributed by atoms with E-state index in [1.165, 1.54) is 0 Å². The highest BCUT2D eigenvalue weighted by molar-refractivity contribution is 7.86. The minimum atomic E-state index is -1.33. The summed E-state index contributed by atoms with van der Waals surface area (Å²) in [7, 11) is -1.33. The van der Waals surface area contributed by atoms with Crippen LogP contribution in [0.25, 0.3) is 0 Å². The van der Waals surface area contributed by atoms with E-state index in [0.29, 0.717) is 9.92 Å². The monoisotopic (exact) mass is 251 g/mol. The molecule has 82 valence electrons. The van der Waals surface area contributed by atoms with E-state index in [1.54, 1.807) is 12.1 Å². The Morgan fingerprint density at radius 2 is 1.56 bits per heavy atom. The van der Waals surface area contributed by atoms with E-state index in [0.717, 1.165) is 5.69 Å². The second kappa shape index (κ2) is 5.14. The molecule has 2 nitrogen and oxygen atoms in total. The Morgan fingerprint density at radius 3 is 2.25 bits per heavy atom. The molecule has 0 spiro atoms. The predicted octanol–water partition coefficient (Wildman–Crippen LogP) is 3.47. The van der Waals surface area contributed by atoms with E-state index in [2.05, 4.69) is 4.72 Å². The van der Waals surface area contributed by atoms with Gasteiger partial charge in [0.2, 0.25) is 0 Å². The lowest BCUT2D eigenvalue weighted by Crippen LogP contribution is -2.04. The fourth-order valence-electron chi connectivity index (χ4n) is 1.26. The van der Waals surface area contributed by atoms with Crippen LogP contribution in [0.1, 0.15) is 0 Å². The number of nitrogens with one attached hydrogen (secondary N) is 1. The summed E-state index contributed by atoms with van der Waals surface area (Å²) in [4.78, 5) is 0.591. The molecule has 0 saturated heterocycles. The van der Waals surface area contributed by atoms with Crippen LogP contribution in [0.2, 0.25) is 5.02 Å². The number of benzene rings is 2. The quantitative estimate of drug-likeness (QED) is 0.889. The topological polar surface area (TPSA) is 29.1 Å². The van der Waals surface area contributed by atoms with Crippen molar-refractivity contribution in [3.8, 4) is 0 Å². The summed E-state index contributed by atoms with van der Waals surface area (Å²) >= 11 is 5.95. The van der Waals surface area contributed by atoms with Gasteiger partial charge in [0, 0.05) is 5.69 Å². The first-order valence-electron chi connectivity index (χ1n) is 4.75. The third-order valence-electron chi connectivity index (χ3n) is 2.02. The van der Waals surface area contributed by atoms with Crippen molar-refractivity contribution >= 4 is 28.3 Å². The van der Waals surface area contributed by atoms with Crippen LogP contribution in [0.3, 0.4) is 0 Å². The first kappa shape index (κ1) is 11.2. The Hall–Kier alpha value is -1.32. The fourth-order valence-corrected chi connectivity index (χ4v) is 2.52. The van der Waals surface area contributed by atoms with Gasteiger partial charge in [0.1, 0.15) is 0 Å². The summed E-state index contributed by atoms with van der Waals surface area (Å²) in [5.41, 5.74) is 0.806. The second-order valence-corrected chi connectivity index (χ2v) is 4.76. The fraction of sp³-hybridized carbons (Fsp3) is 0. The van der Waals surface area contributed by atoms with Gasteiger partial charge in [-0.3, -0.25) is 0 Å². The van der Waals surface area contributed by atoms with Gasteiger partial charge in [0.25, 0.3) is 0 Å². The minimum absolute atomic E-state index is 0.504. The van der Waals surface area contributed by atoms with Gasteiger partial charge < -0.3 is 4.72 Å². The van der Waals surface area contributed by atoms with Crippen molar-refractivity contribution in [2.75, 3.05) is 4.72 Å². The predicted molar refractivity (Wildman–Crippen MR) is 67.9 cm³/mol. The van der Waals surface area contributed by atoms with Gasteiger partial charge >= 0.3 is 0 Å². The molecule has 0 aliphatic rings. The lowest BCUT2D eigenvalue weighted by molar-refractivity contribution is 0.686. The van der Waals surface area contributed by atoms with Gasteiger partial charge in [-0.1, -0.05) is 41.9 Å². The normalized spacial score (nSPS) is 12.1. The average Bonchev–Trinajstić information content (AvgIpc) is 2.31. The maximum Gasteiger partial charge on any atom is 0.151 e.